The number of cyclic esters (lactones) is 1. The summed E-state index contributed by atoms with van der Waals surface area (Å²) in [6.07, 6.45) is 7.98. The van der Waals surface area contributed by atoms with Crippen LogP contribution in [0.4, 0.5) is 0 Å². The van der Waals surface area contributed by atoms with Crippen molar-refractivity contribution in [1.82, 2.24) is 0 Å². The maximum atomic E-state index is 13.2. The van der Waals surface area contributed by atoms with E-state index in [4.69, 9.17) is 4.74 Å². The highest BCUT2D eigenvalue weighted by Gasteiger charge is 2.55. The van der Waals surface area contributed by atoms with E-state index in [0.29, 0.717) is 12.2 Å². The second kappa shape index (κ2) is 6.75. The van der Waals surface area contributed by atoms with Gasteiger partial charge in [0, 0.05) is 23.8 Å². The van der Waals surface area contributed by atoms with Crippen molar-refractivity contribution in [3.63, 3.8) is 0 Å². The Hall–Kier alpha value is -2.94. The Kier molecular flexibility index (Phi) is 4.29. The van der Waals surface area contributed by atoms with Crippen molar-refractivity contribution in [1.29, 1.82) is 0 Å². The average Bonchev–Trinajstić information content (AvgIpc) is 3.03. The number of esters is 1. The summed E-state index contributed by atoms with van der Waals surface area (Å²) in [7, 11) is 0. The lowest BCUT2D eigenvalue weighted by molar-refractivity contribution is -0.146. The predicted molar refractivity (Wildman–Crippen MR) is 100 cm³/mol. The van der Waals surface area contributed by atoms with Crippen LogP contribution >= 0.6 is 0 Å². The third-order valence-corrected chi connectivity index (χ3v) is 5.47. The van der Waals surface area contributed by atoms with Crippen molar-refractivity contribution in [3.05, 3.63) is 90.0 Å². The fourth-order valence-corrected chi connectivity index (χ4v) is 4.21. The van der Waals surface area contributed by atoms with Crippen LogP contribution in [-0.4, -0.2) is 12.3 Å². The summed E-state index contributed by atoms with van der Waals surface area (Å²) in [6.45, 7) is 0. The molecule has 3 atom stereocenters. The van der Waals surface area contributed by atoms with Crippen LogP contribution in [0.3, 0.4) is 0 Å². The maximum Gasteiger partial charge on any atom is 0.322 e. The van der Waals surface area contributed by atoms with Crippen molar-refractivity contribution in [2.45, 2.75) is 18.8 Å². The zero-order valence-electron chi connectivity index (χ0n) is 14.4. The highest BCUT2D eigenvalue weighted by Crippen LogP contribution is 2.55. The molecule has 0 fully saturated rings. The topological polar surface area (TPSA) is 43.4 Å². The van der Waals surface area contributed by atoms with Gasteiger partial charge in [-0.3, -0.25) is 4.79 Å². The van der Waals surface area contributed by atoms with Gasteiger partial charge in [0.05, 0.1) is 0 Å². The van der Waals surface area contributed by atoms with Crippen molar-refractivity contribution in [2.24, 2.45) is 11.3 Å². The molecule has 1 spiro atoms. The summed E-state index contributed by atoms with van der Waals surface area (Å²) in [5, 5.41) is 0. The first-order valence-corrected chi connectivity index (χ1v) is 8.91. The minimum atomic E-state index is -0.845. The molecular weight excluding hydrogens is 324 g/mol. The van der Waals surface area contributed by atoms with Crippen LogP contribution in [-0.2, 0) is 14.3 Å². The van der Waals surface area contributed by atoms with E-state index in [1.54, 1.807) is 0 Å². The monoisotopic (exact) mass is 344 g/mol. The zero-order chi connectivity index (χ0) is 18.0. The number of hydrogen-bond acceptors (Lipinski definition) is 3. The number of aldehydes is 1. The third kappa shape index (κ3) is 2.60. The fourth-order valence-electron chi connectivity index (χ4n) is 4.21. The molecular formula is C23H20O3. The van der Waals surface area contributed by atoms with E-state index in [9.17, 15) is 9.59 Å². The van der Waals surface area contributed by atoms with E-state index in [1.165, 1.54) is 0 Å². The Labute approximate surface area is 153 Å². The molecule has 1 aliphatic heterocycles. The second-order valence-electron chi connectivity index (χ2n) is 6.83. The summed E-state index contributed by atoms with van der Waals surface area (Å²) >= 11 is 0. The van der Waals surface area contributed by atoms with Crippen molar-refractivity contribution < 1.29 is 14.3 Å². The average molecular weight is 344 g/mol. The molecule has 4 rings (SSSR count). The van der Waals surface area contributed by atoms with Crippen molar-refractivity contribution in [3.8, 4) is 0 Å². The van der Waals surface area contributed by atoms with Gasteiger partial charge in [0.25, 0.3) is 0 Å². The Balaban J connectivity index is 1.86. The molecule has 130 valence electrons. The Morgan fingerprint density at radius 2 is 1.73 bits per heavy atom. The van der Waals surface area contributed by atoms with Crippen LogP contribution in [0, 0.1) is 11.3 Å². The summed E-state index contributed by atoms with van der Waals surface area (Å²) in [4.78, 5) is 24.5. The largest absolute Gasteiger partial charge is 0.426 e. The normalized spacial score (nSPS) is 27.2. The molecule has 26 heavy (non-hydrogen) atoms. The number of rotatable bonds is 4. The zero-order valence-corrected chi connectivity index (χ0v) is 14.4. The van der Waals surface area contributed by atoms with E-state index >= 15 is 0 Å². The van der Waals surface area contributed by atoms with Gasteiger partial charge >= 0.3 is 5.97 Å². The Morgan fingerprint density at radius 1 is 1.04 bits per heavy atom. The van der Waals surface area contributed by atoms with Crippen LogP contribution in [0.1, 0.15) is 29.9 Å². The number of benzene rings is 2. The number of allylic oxidation sites excluding steroid dienone is 2. The van der Waals surface area contributed by atoms with E-state index in [2.05, 4.69) is 6.08 Å². The molecule has 1 heterocycles. The van der Waals surface area contributed by atoms with Gasteiger partial charge in [-0.2, -0.15) is 0 Å². The first kappa shape index (κ1) is 16.5. The van der Waals surface area contributed by atoms with Crippen LogP contribution in [0.15, 0.2) is 78.9 Å². The van der Waals surface area contributed by atoms with Gasteiger partial charge in [-0.25, -0.2) is 0 Å². The number of carbonyl (C=O) groups excluding carboxylic acids is 2. The second-order valence-corrected chi connectivity index (χ2v) is 6.83. The van der Waals surface area contributed by atoms with E-state index < -0.39 is 5.41 Å². The van der Waals surface area contributed by atoms with Gasteiger partial charge in [0.15, 0.2) is 0 Å². The Morgan fingerprint density at radius 3 is 2.42 bits per heavy atom. The first-order valence-electron chi connectivity index (χ1n) is 8.91. The highest BCUT2D eigenvalue weighted by atomic mass is 16.5. The highest BCUT2D eigenvalue weighted by molar-refractivity contribution is 5.93. The van der Waals surface area contributed by atoms with E-state index in [0.717, 1.165) is 23.8 Å². The van der Waals surface area contributed by atoms with Crippen molar-refractivity contribution in [2.75, 3.05) is 0 Å². The van der Waals surface area contributed by atoms with Gasteiger partial charge in [-0.15, -0.1) is 0 Å². The molecule has 2 aromatic carbocycles. The molecule has 1 aliphatic carbocycles. The van der Waals surface area contributed by atoms with Gasteiger partial charge < -0.3 is 9.53 Å². The van der Waals surface area contributed by atoms with Crippen LogP contribution in [0.5, 0.6) is 0 Å². The number of hydrogen-bond donors (Lipinski definition) is 0. The molecule has 0 aromatic heterocycles. The molecule has 0 radical (unpaired) electrons. The quantitative estimate of drug-likeness (QED) is 0.465. The van der Waals surface area contributed by atoms with Crippen LogP contribution in [0.25, 0.3) is 5.76 Å². The Bertz CT molecular complexity index is 867. The lowest BCUT2D eigenvalue weighted by Gasteiger charge is -2.40. The summed E-state index contributed by atoms with van der Waals surface area (Å²) in [5.74, 6) is 0.0733. The minimum absolute atomic E-state index is 0.0487. The molecule has 2 aromatic rings. The first-order chi connectivity index (χ1) is 12.8. The molecule has 2 aliphatic rings. The van der Waals surface area contributed by atoms with Crippen LogP contribution in [0.2, 0.25) is 0 Å². The van der Waals surface area contributed by atoms with Gasteiger partial charge in [0.2, 0.25) is 0 Å². The molecule has 0 unspecified atom stereocenters. The van der Waals surface area contributed by atoms with Crippen molar-refractivity contribution >= 4 is 18.0 Å². The van der Waals surface area contributed by atoms with Crippen LogP contribution < -0.4 is 0 Å². The molecule has 0 amide bonds. The molecule has 0 bridgehead atoms. The maximum absolute atomic E-state index is 13.2. The summed E-state index contributed by atoms with van der Waals surface area (Å²) in [6, 6.07) is 19.7. The lowest BCUT2D eigenvalue weighted by atomic mass is 9.60. The minimum Gasteiger partial charge on any atom is -0.426 e. The molecule has 3 heteroatoms. The van der Waals surface area contributed by atoms with Gasteiger partial charge in [-0.1, -0.05) is 72.8 Å². The fraction of sp³-hybridized carbons (Fsp3) is 0.217. The smallest absolute Gasteiger partial charge is 0.322 e. The predicted octanol–water partition coefficient (Wildman–Crippen LogP) is 4.52. The standard InChI is InChI=1S/C23H20O3/c24-15-14-19-12-7-13-20(17-8-3-1-4-9-17)23(19)16-21(26-22(23)25)18-10-5-2-6-11-18/h1-12,15-16,19-20H,13-14H2/t19-,20-,23+/m1/s1. The lowest BCUT2D eigenvalue weighted by Crippen LogP contribution is -2.41. The van der Waals surface area contributed by atoms with Gasteiger partial charge in [-0.05, 0) is 18.1 Å². The number of carbonyl (C=O) groups is 2. The van der Waals surface area contributed by atoms with Gasteiger partial charge in [0.1, 0.15) is 17.5 Å². The molecule has 3 nitrogen and oxygen atoms in total. The number of ether oxygens (including phenoxy) is 1. The van der Waals surface area contributed by atoms with E-state index in [-0.39, 0.29) is 17.8 Å². The SMILES string of the molecule is O=CC[C@H]1C=CC[C@H](c2ccccc2)[C@]12C=C(c1ccccc1)OC2=O. The molecule has 0 saturated heterocycles. The van der Waals surface area contributed by atoms with E-state index in [1.807, 2.05) is 72.8 Å². The molecule has 0 saturated carbocycles. The third-order valence-electron chi connectivity index (χ3n) is 5.47. The summed E-state index contributed by atoms with van der Waals surface area (Å²) < 4.78 is 5.74. The molecule has 0 N–H and O–H groups in total. The summed E-state index contributed by atoms with van der Waals surface area (Å²) in [5.41, 5.74) is 1.13.